The first-order valence-corrected chi connectivity index (χ1v) is 6.81. The van der Waals surface area contributed by atoms with Crippen LogP contribution in [-0.2, 0) is 4.79 Å². The number of amides is 1. The number of carboxylic acids is 1. The second-order valence-corrected chi connectivity index (χ2v) is 5.12. The number of rotatable bonds is 4. The SMILES string of the molecule is O=C(O)c1ccc(NC(=O)C2CCCCC2)c([N+](=O)[O-])c1. The van der Waals surface area contributed by atoms with Crippen LogP contribution in [0, 0.1) is 16.0 Å². The van der Waals surface area contributed by atoms with E-state index in [9.17, 15) is 19.7 Å². The lowest BCUT2D eigenvalue weighted by Gasteiger charge is -2.20. The smallest absolute Gasteiger partial charge is 0.335 e. The fourth-order valence-corrected chi connectivity index (χ4v) is 2.52. The summed E-state index contributed by atoms with van der Waals surface area (Å²) >= 11 is 0. The van der Waals surface area contributed by atoms with E-state index in [-0.39, 0.29) is 23.1 Å². The highest BCUT2D eigenvalue weighted by molar-refractivity contribution is 5.96. The zero-order chi connectivity index (χ0) is 15.4. The third-order valence-corrected chi connectivity index (χ3v) is 3.68. The summed E-state index contributed by atoms with van der Waals surface area (Å²) in [7, 11) is 0. The number of hydrogen-bond donors (Lipinski definition) is 2. The molecule has 0 atom stereocenters. The number of nitrogens with one attached hydrogen (secondary N) is 1. The van der Waals surface area contributed by atoms with E-state index in [1.54, 1.807) is 0 Å². The Hall–Kier alpha value is -2.44. The van der Waals surface area contributed by atoms with Crippen molar-refractivity contribution in [3.05, 3.63) is 33.9 Å². The van der Waals surface area contributed by atoms with Crippen LogP contribution in [0.25, 0.3) is 0 Å². The molecule has 7 heteroatoms. The van der Waals surface area contributed by atoms with Crippen LogP contribution in [0.4, 0.5) is 11.4 Å². The van der Waals surface area contributed by atoms with E-state index >= 15 is 0 Å². The van der Waals surface area contributed by atoms with E-state index in [0.717, 1.165) is 38.2 Å². The molecule has 1 aromatic carbocycles. The highest BCUT2D eigenvalue weighted by Crippen LogP contribution is 2.29. The maximum Gasteiger partial charge on any atom is 0.335 e. The molecule has 0 aromatic heterocycles. The van der Waals surface area contributed by atoms with Gasteiger partial charge in [0.05, 0.1) is 10.5 Å². The van der Waals surface area contributed by atoms with Crippen LogP contribution in [-0.4, -0.2) is 21.9 Å². The van der Waals surface area contributed by atoms with Crippen LogP contribution in [0.2, 0.25) is 0 Å². The van der Waals surface area contributed by atoms with Gasteiger partial charge >= 0.3 is 5.97 Å². The van der Waals surface area contributed by atoms with Gasteiger partial charge in [0, 0.05) is 12.0 Å². The average Bonchev–Trinajstić information content (AvgIpc) is 2.48. The van der Waals surface area contributed by atoms with Gasteiger partial charge in [0.2, 0.25) is 5.91 Å². The normalized spacial score (nSPS) is 15.4. The van der Waals surface area contributed by atoms with E-state index in [2.05, 4.69) is 5.32 Å². The molecule has 0 spiro atoms. The van der Waals surface area contributed by atoms with E-state index in [1.165, 1.54) is 12.1 Å². The second kappa shape index (κ2) is 6.34. The molecule has 0 unspecified atom stereocenters. The summed E-state index contributed by atoms with van der Waals surface area (Å²) in [6.07, 6.45) is 4.65. The lowest BCUT2D eigenvalue weighted by Crippen LogP contribution is -2.25. The summed E-state index contributed by atoms with van der Waals surface area (Å²) < 4.78 is 0. The first kappa shape index (κ1) is 15.0. The molecule has 7 nitrogen and oxygen atoms in total. The summed E-state index contributed by atoms with van der Waals surface area (Å²) in [4.78, 5) is 33.3. The van der Waals surface area contributed by atoms with Gasteiger partial charge in [-0.15, -0.1) is 0 Å². The number of carbonyl (C=O) groups excluding carboxylic acids is 1. The largest absolute Gasteiger partial charge is 0.478 e. The Balaban J connectivity index is 2.20. The minimum Gasteiger partial charge on any atom is -0.478 e. The van der Waals surface area contributed by atoms with Crippen LogP contribution >= 0.6 is 0 Å². The van der Waals surface area contributed by atoms with E-state index in [1.807, 2.05) is 0 Å². The third-order valence-electron chi connectivity index (χ3n) is 3.68. The van der Waals surface area contributed by atoms with Crippen LogP contribution in [0.3, 0.4) is 0 Å². The number of carbonyl (C=O) groups is 2. The number of nitro groups is 1. The Morgan fingerprint density at radius 3 is 2.48 bits per heavy atom. The number of aromatic carboxylic acids is 1. The van der Waals surface area contributed by atoms with Crippen LogP contribution < -0.4 is 5.32 Å². The molecule has 0 aliphatic heterocycles. The van der Waals surface area contributed by atoms with Gasteiger partial charge in [0.25, 0.3) is 5.69 Å². The monoisotopic (exact) mass is 292 g/mol. The fourth-order valence-electron chi connectivity index (χ4n) is 2.52. The summed E-state index contributed by atoms with van der Waals surface area (Å²) in [5.41, 5.74) is -0.544. The van der Waals surface area contributed by atoms with Gasteiger partial charge < -0.3 is 10.4 Å². The molecule has 0 heterocycles. The highest BCUT2D eigenvalue weighted by Gasteiger charge is 2.24. The molecule has 1 aliphatic carbocycles. The van der Waals surface area contributed by atoms with Gasteiger partial charge in [-0.1, -0.05) is 19.3 Å². The van der Waals surface area contributed by atoms with Crippen molar-refractivity contribution in [1.82, 2.24) is 0 Å². The van der Waals surface area contributed by atoms with Crippen molar-refractivity contribution in [2.45, 2.75) is 32.1 Å². The molecule has 1 fully saturated rings. The van der Waals surface area contributed by atoms with Gasteiger partial charge in [0.1, 0.15) is 5.69 Å². The van der Waals surface area contributed by atoms with Crippen LogP contribution in [0.1, 0.15) is 42.5 Å². The van der Waals surface area contributed by atoms with E-state index < -0.39 is 16.6 Å². The number of nitrogens with zero attached hydrogens (tertiary/aromatic N) is 1. The fraction of sp³-hybridized carbons (Fsp3) is 0.429. The lowest BCUT2D eigenvalue weighted by atomic mass is 9.88. The standard InChI is InChI=1S/C14H16N2O5/c17-13(9-4-2-1-3-5-9)15-11-7-6-10(14(18)19)8-12(11)16(20)21/h6-9H,1-5H2,(H,15,17)(H,18,19). The molecule has 2 N–H and O–H groups in total. The molecule has 112 valence electrons. The van der Waals surface area contributed by atoms with Gasteiger partial charge in [0.15, 0.2) is 0 Å². The van der Waals surface area contributed by atoms with E-state index in [0.29, 0.717) is 0 Å². The third kappa shape index (κ3) is 3.56. The molecule has 0 bridgehead atoms. The summed E-state index contributed by atoms with van der Waals surface area (Å²) in [5.74, 6) is -1.61. The Bertz CT molecular complexity index is 579. The minimum atomic E-state index is -1.25. The molecular formula is C14H16N2O5. The maximum atomic E-state index is 12.1. The summed E-state index contributed by atoms with van der Waals surface area (Å²) in [6.45, 7) is 0. The quantitative estimate of drug-likeness (QED) is 0.655. The zero-order valence-corrected chi connectivity index (χ0v) is 11.4. The summed E-state index contributed by atoms with van der Waals surface area (Å²) in [6, 6.07) is 3.47. The number of benzene rings is 1. The lowest BCUT2D eigenvalue weighted by molar-refractivity contribution is -0.384. The van der Waals surface area contributed by atoms with Gasteiger partial charge in [-0.05, 0) is 25.0 Å². The second-order valence-electron chi connectivity index (χ2n) is 5.12. The van der Waals surface area contributed by atoms with Crippen molar-refractivity contribution in [3.8, 4) is 0 Å². The average molecular weight is 292 g/mol. The van der Waals surface area contributed by atoms with Crippen LogP contribution in [0.15, 0.2) is 18.2 Å². The minimum absolute atomic E-state index is 0.0422. The Morgan fingerprint density at radius 1 is 1.24 bits per heavy atom. The Morgan fingerprint density at radius 2 is 1.90 bits per heavy atom. The number of hydrogen-bond acceptors (Lipinski definition) is 4. The molecule has 0 saturated heterocycles. The molecule has 2 rings (SSSR count). The number of nitro benzene ring substituents is 1. The van der Waals surface area contributed by atoms with Crippen LogP contribution in [0.5, 0.6) is 0 Å². The topological polar surface area (TPSA) is 110 Å². The van der Waals surface area contributed by atoms with Gasteiger partial charge in [-0.2, -0.15) is 0 Å². The van der Waals surface area contributed by atoms with Crippen molar-refractivity contribution >= 4 is 23.3 Å². The van der Waals surface area contributed by atoms with Gasteiger partial charge in [-0.25, -0.2) is 4.79 Å². The predicted octanol–water partition coefficient (Wildman–Crippen LogP) is 2.81. The molecule has 0 radical (unpaired) electrons. The van der Waals surface area contributed by atoms with Gasteiger partial charge in [-0.3, -0.25) is 14.9 Å². The highest BCUT2D eigenvalue weighted by atomic mass is 16.6. The zero-order valence-electron chi connectivity index (χ0n) is 11.4. The van der Waals surface area contributed by atoms with Crippen molar-refractivity contribution < 1.29 is 19.6 Å². The molecule has 1 saturated carbocycles. The van der Waals surface area contributed by atoms with Crippen molar-refractivity contribution in [2.24, 2.45) is 5.92 Å². The summed E-state index contributed by atoms with van der Waals surface area (Å²) in [5, 5.41) is 22.4. The number of carboxylic acid groups (broad SMARTS) is 1. The maximum absolute atomic E-state index is 12.1. The predicted molar refractivity (Wildman–Crippen MR) is 75.3 cm³/mol. The van der Waals surface area contributed by atoms with E-state index in [4.69, 9.17) is 5.11 Å². The van der Waals surface area contributed by atoms with Crippen molar-refractivity contribution in [1.29, 1.82) is 0 Å². The van der Waals surface area contributed by atoms with Crippen molar-refractivity contribution in [2.75, 3.05) is 5.32 Å². The molecule has 1 amide bonds. The number of anilines is 1. The molecule has 21 heavy (non-hydrogen) atoms. The molecular weight excluding hydrogens is 276 g/mol. The Kier molecular flexibility index (Phi) is 4.52. The van der Waals surface area contributed by atoms with Crippen molar-refractivity contribution in [3.63, 3.8) is 0 Å². The first-order chi connectivity index (χ1) is 9.99. The molecule has 1 aliphatic rings. The molecule has 1 aromatic rings. The Labute approximate surface area is 121 Å². The first-order valence-electron chi connectivity index (χ1n) is 6.81.